The van der Waals surface area contributed by atoms with Gasteiger partial charge in [0.25, 0.3) is 5.69 Å². The Bertz CT molecular complexity index is 613. The molecule has 11 heteroatoms. The van der Waals surface area contributed by atoms with Crippen molar-refractivity contribution in [3.8, 4) is 5.75 Å². The number of rotatable bonds is 5. The van der Waals surface area contributed by atoms with Crippen molar-refractivity contribution in [1.82, 2.24) is 0 Å². The van der Waals surface area contributed by atoms with Gasteiger partial charge in [-0.05, 0) is 12.1 Å². The van der Waals surface area contributed by atoms with E-state index < -0.39 is 38.4 Å². The Hall–Kier alpha value is -1.88. The van der Waals surface area contributed by atoms with Gasteiger partial charge in [-0.25, -0.2) is 0 Å². The Morgan fingerprint density at radius 3 is 2.40 bits per heavy atom. The molecule has 0 aliphatic rings. The highest BCUT2D eigenvalue weighted by Gasteiger charge is 2.34. The van der Waals surface area contributed by atoms with Gasteiger partial charge in [-0.1, -0.05) is 0 Å². The highest BCUT2D eigenvalue weighted by molar-refractivity contribution is 7.87. The van der Waals surface area contributed by atoms with Gasteiger partial charge >= 0.3 is 16.3 Å². The summed E-state index contributed by atoms with van der Waals surface area (Å²) in [6, 6.07) is 2.56. The van der Waals surface area contributed by atoms with E-state index in [2.05, 4.69) is 8.92 Å². The Morgan fingerprint density at radius 1 is 1.35 bits per heavy atom. The zero-order valence-electron chi connectivity index (χ0n) is 9.88. The van der Waals surface area contributed by atoms with E-state index in [4.69, 9.17) is 0 Å². The predicted octanol–water partition coefficient (Wildman–Crippen LogP) is 1.87. The van der Waals surface area contributed by atoms with Crippen LogP contribution < -0.4 is 4.74 Å². The normalized spacial score (nSPS) is 12.2. The minimum absolute atomic E-state index is 0.0218. The first-order valence-electron chi connectivity index (χ1n) is 4.85. The van der Waals surface area contributed by atoms with Gasteiger partial charge in [-0.3, -0.25) is 14.3 Å². The standard InChI is InChI=1S/C9H8F3NO6S/c1-18-6-2-3-8(7(4-6)13(14)15)20(16,17)19-5-9(10,11)12/h2-4H,5H2,1H3. The topological polar surface area (TPSA) is 95.7 Å². The monoisotopic (exact) mass is 315 g/mol. The molecule has 0 spiro atoms. The molecule has 0 fully saturated rings. The molecule has 20 heavy (non-hydrogen) atoms. The fraction of sp³-hybridized carbons (Fsp3) is 0.333. The smallest absolute Gasteiger partial charge is 0.413 e. The average Bonchev–Trinajstić information content (AvgIpc) is 2.35. The molecule has 1 aromatic carbocycles. The first-order valence-corrected chi connectivity index (χ1v) is 6.26. The molecule has 0 bridgehead atoms. The van der Waals surface area contributed by atoms with Crippen molar-refractivity contribution in [2.24, 2.45) is 0 Å². The summed E-state index contributed by atoms with van der Waals surface area (Å²) in [6.45, 7) is -2.07. The van der Waals surface area contributed by atoms with Crippen molar-refractivity contribution in [3.63, 3.8) is 0 Å². The van der Waals surface area contributed by atoms with E-state index in [0.717, 1.165) is 18.2 Å². The summed E-state index contributed by atoms with van der Waals surface area (Å²) >= 11 is 0. The lowest BCUT2D eigenvalue weighted by Gasteiger charge is -2.09. The SMILES string of the molecule is COc1ccc(S(=O)(=O)OCC(F)(F)F)c([N+](=O)[O-])c1. The van der Waals surface area contributed by atoms with Gasteiger partial charge in [-0.15, -0.1) is 0 Å². The minimum Gasteiger partial charge on any atom is -0.497 e. The van der Waals surface area contributed by atoms with Gasteiger partial charge in [0.15, 0.2) is 11.5 Å². The van der Waals surface area contributed by atoms with E-state index in [9.17, 15) is 31.7 Å². The summed E-state index contributed by atoms with van der Waals surface area (Å²) in [6.07, 6.45) is -4.88. The van der Waals surface area contributed by atoms with Crippen LogP contribution in [-0.2, 0) is 14.3 Å². The van der Waals surface area contributed by atoms with Crippen molar-refractivity contribution in [2.45, 2.75) is 11.1 Å². The van der Waals surface area contributed by atoms with E-state index >= 15 is 0 Å². The van der Waals surface area contributed by atoms with Crippen molar-refractivity contribution < 1.29 is 35.4 Å². The molecule has 0 saturated carbocycles. The van der Waals surface area contributed by atoms with Gasteiger partial charge < -0.3 is 4.74 Å². The van der Waals surface area contributed by atoms with Crippen LogP contribution in [0.2, 0.25) is 0 Å². The molecule has 0 aromatic heterocycles. The van der Waals surface area contributed by atoms with Gasteiger partial charge in [0.2, 0.25) is 0 Å². The fourth-order valence-corrected chi connectivity index (χ4v) is 2.23. The Balaban J connectivity index is 3.21. The number of benzene rings is 1. The highest BCUT2D eigenvalue weighted by atomic mass is 32.2. The molecule has 0 aliphatic heterocycles. The summed E-state index contributed by atoms with van der Waals surface area (Å²) < 4.78 is 67.3. The van der Waals surface area contributed by atoms with Gasteiger partial charge in [0.05, 0.1) is 18.1 Å². The third kappa shape index (κ3) is 4.06. The predicted molar refractivity (Wildman–Crippen MR) is 58.8 cm³/mol. The van der Waals surface area contributed by atoms with Crippen molar-refractivity contribution in [3.05, 3.63) is 28.3 Å². The number of nitrogens with zero attached hydrogens (tertiary/aromatic N) is 1. The summed E-state index contributed by atoms with van der Waals surface area (Å²) in [4.78, 5) is 8.70. The number of hydrogen-bond acceptors (Lipinski definition) is 6. The van der Waals surface area contributed by atoms with Gasteiger partial charge in [-0.2, -0.15) is 21.6 Å². The first-order chi connectivity index (χ1) is 9.07. The van der Waals surface area contributed by atoms with Crippen molar-refractivity contribution in [2.75, 3.05) is 13.7 Å². The van der Waals surface area contributed by atoms with Crippen LogP contribution in [-0.4, -0.2) is 33.2 Å². The van der Waals surface area contributed by atoms with Crippen molar-refractivity contribution >= 4 is 15.8 Å². The first kappa shape index (κ1) is 16.2. The minimum atomic E-state index is -4.91. The molecule has 0 aliphatic carbocycles. The van der Waals surface area contributed by atoms with Gasteiger partial charge in [0.1, 0.15) is 5.75 Å². The van der Waals surface area contributed by atoms with Crippen LogP contribution in [0.25, 0.3) is 0 Å². The molecule has 0 heterocycles. The van der Waals surface area contributed by atoms with Gasteiger partial charge in [0, 0.05) is 0 Å². The lowest BCUT2D eigenvalue weighted by molar-refractivity contribution is -0.388. The summed E-state index contributed by atoms with van der Waals surface area (Å²) in [5.74, 6) is -0.0218. The van der Waals surface area contributed by atoms with E-state index in [1.54, 1.807) is 0 Å². The molecular formula is C9H8F3NO6S. The maximum absolute atomic E-state index is 11.9. The zero-order valence-corrected chi connectivity index (χ0v) is 10.7. The second-order valence-corrected chi connectivity index (χ2v) is 5.01. The molecule has 112 valence electrons. The molecule has 0 amide bonds. The zero-order chi connectivity index (χ0) is 15.6. The largest absolute Gasteiger partial charge is 0.497 e. The van der Waals surface area contributed by atoms with Crippen LogP contribution in [0.1, 0.15) is 0 Å². The van der Waals surface area contributed by atoms with E-state index in [1.807, 2.05) is 0 Å². The van der Waals surface area contributed by atoms with Crippen LogP contribution in [0.4, 0.5) is 18.9 Å². The van der Waals surface area contributed by atoms with Crippen LogP contribution in [0.5, 0.6) is 5.75 Å². The van der Waals surface area contributed by atoms with Crippen LogP contribution in [0.3, 0.4) is 0 Å². The number of methoxy groups -OCH3 is 1. The molecule has 0 radical (unpaired) electrons. The fourth-order valence-electron chi connectivity index (χ4n) is 1.19. The van der Waals surface area contributed by atoms with E-state index in [1.165, 1.54) is 7.11 Å². The molecular weight excluding hydrogens is 307 g/mol. The summed E-state index contributed by atoms with van der Waals surface area (Å²) in [5, 5.41) is 10.7. The molecule has 0 N–H and O–H groups in total. The molecule has 1 rings (SSSR count). The van der Waals surface area contributed by atoms with Crippen LogP contribution in [0.15, 0.2) is 23.1 Å². The van der Waals surface area contributed by atoms with E-state index in [0.29, 0.717) is 0 Å². The number of halogens is 3. The lowest BCUT2D eigenvalue weighted by atomic mass is 10.3. The van der Waals surface area contributed by atoms with E-state index in [-0.39, 0.29) is 5.75 Å². The third-order valence-electron chi connectivity index (χ3n) is 2.01. The number of alkyl halides is 3. The quantitative estimate of drug-likeness (QED) is 0.467. The number of nitro benzene ring substituents is 1. The highest BCUT2D eigenvalue weighted by Crippen LogP contribution is 2.30. The molecule has 1 aromatic rings. The third-order valence-corrected chi connectivity index (χ3v) is 3.32. The summed E-state index contributed by atoms with van der Waals surface area (Å²) in [7, 11) is -3.72. The number of nitro groups is 1. The maximum atomic E-state index is 11.9. The second kappa shape index (κ2) is 5.63. The van der Waals surface area contributed by atoms with Crippen LogP contribution in [0, 0.1) is 10.1 Å². The average molecular weight is 315 g/mol. The summed E-state index contributed by atoms with van der Waals surface area (Å²) in [5.41, 5.74) is -0.938. The Labute approximate surface area is 111 Å². The second-order valence-electron chi connectivity index (χ2n) is 3.42. The molecule has 0 unspecified atom stereocenters. The maximum Gasteiger partial charge on any atom is 0.413 e. The number of hydrogen-bond donors (Lipinski definition) is 0. The van der Waals surface area contributed by atoms with Crippen molar-refractivity contribution in [1.29, 1.82) is 0 Å². The lowest BCUT2D eigenvalue weighted by Crippen LogP contribution is -2.21. The van der Waals surface area contributed by atoms with Crippen LogP contribution >= 0.6 is 0 Å². The molecule has 0 atom stereocenters. The molecule has 7 nitrogen and oxygen atoms in total. The number of ether oxygens (including phenoxy) is 1. The Morgan fingerprint density at radius 2 is 1.95 bits per heavy atom. The molecule has 0 saturated heterocycles. The Kier molecular flexibility index (Phi) is 4.55.